The van der Waals surface area contributed by atoms with Gasteiger partial charge >= 0.3 is 0 Å². The normalized spacial score (nSPS) is 18.0. The van der Waals surface area contributed by atoms with Crippen LogP contribution in [0.5, 0.6) is 0 Å². The number of rotatable bonds is 5. The fourth-order valence-corrected chi connectivity index (χ4v) is 12.6. The maximum atomic E-state index is 5.44. The van der Waals surface area contributed by atoms with Crippen LogP contribution in [0, 0.1) is 5.92 Å². The summed E-state index contributed by atoms with van der Waals surface area (Å²) in [5.41, 5.74) is 19.6. The van der Waals surface area contributed by atoms with E-state index in [9.17, 15) is 0 Å². The Morgan fingerprint density at radius 2 is 1.11 bits per heavy atom. The zero-order chi connectivity index (χ0) is 42.4. The third-order valence-corrected chi connectivity index (χ3v) is 15.3. The molecule has 0 radical (unpaired) electrons. The Labute approximate surface area is 377 Å². The summed E-state index contributed by atoms with van der Waals surface area (Å²) in [5, 5.41) is 2.51. The SMILES string of the molecule is CC1C=C(c2cccc(-c3cccc(C4=CCC(c5ccccc5)=NC(c5cccc6c5sc5ccccc56)=N4)c3)c2)C=C2C1c1ccccc1C21c2ccccc2-c2ccccc21. The van der Waals surface area contributed by atoms with Crippen molar-refractivity contribution < 1.29 is 0 Å². The maximum absolute atomic E-state index is 5.44. The highest BCUT2D eigenvalue weighted by Crippen LogP contribution is 2.66. The average molecular weight is 835 g/mol. The van der Waals surface area contributed by atoms with Crippen molar-refractivity contribution >= 4 is 54.3 Å². The first-order valence-electron chi connectivity index (χ1n) is 22.4. The van der Waals surface area contributed by atoms with Gasteiger partial charge < -0.3 is 0 Å². The van der Waals surface area contributed by atoms with Crippen molar-refractivity contribution in [2.24, 2.45) is 15.9 Å². The molecule has 0 saturated carbocycles. The van der Waals surface area contributed by atoms with Crippen molar-refractivity contribution in [1.82, 2.24) is 0 Å². The number of thiophene rings is 1. The lowest BCUT2D eigenvalue weighted by atomic mass is 9.66. The molecule has 0 N–H and O–H groups in total. The van der Waals surface area contributed by atoms with Crippen molar-refractivity contribution in [3.63, 3.8) is 0 Å². The zero-order valence-electron chi connectivity index (χ0n) is 35.4. The van der Waals surface area contributed by atoms with E-state index in [1.807, 2.05) is 11.3 Å². The molecular weight excluding hydrogens is 793 g/mol. The molecule has 3 heteroatoms. The standard InChI is InChI=1S/C61H42N2S/c1-38-34-44(37-54-58(38)49-25-7-11-30-53(49)61(54)51-28-9-5-22-45(51)46-23-6-10-29-52(46)61)42-20-13-18-40(35-42)41-19-14-21-43(36-41)56-33-32-55(39-16-3-2-4-17-39)62-60(63-56)50-27-15-26-48-47-24-8-12-31-57(47)64-59(48)50/h2-31,33-38,58H,32H2,1H3. The summed E-state index contributed by atoms with van der Waals surface area (Å²) in [4.78, 5) is 10.8. The van der Waals surface area contributed by atoms with Crippen LogP contribution in [0.25, 0.3) is 53.7 Å². The van der Waals surface area contributed by atoms with E-state index in [2.05, 4.69) is 219 Å². The summed E-state index contributed by atoms with van der Waals surface area (Å²) >= 11 is 1.82. The molecule has 0 saturated heterocycles. The summed E-state index contributed by atoms with van der Waals surface area (Å²) < 4.78 is 2.49. The van der Waals surface area contributed by atoms with E-state index in [4.69, 9.17) is 9.98 Å². The fourth-order valence-electron chi connectivity index (χ4n) is 11.4. The highest BCUT2D eigenvalue weighted by molar-refractivity contribution is 7.26. The molecule has 64 heavy (non-hydrogen) atoms. The van der Waals surface area contributed by atoms with Gasteiger partial charge in [0.05, 0.1) is 16.8 Å². The summed E-state index contributed by atoms with van der Waals surface area (Å²) in [5.74, 6) is 1.36. The first kappa shape index (κ1) is 37.1. The van der Waals surface area contributed by atoms with Crippen molar-refractivity contribution in [2.75, 3.05) is 0 Å². The third kappa shape index (κ3) is 5.57. The fraction of sp³-hybridized carbons (Fsp3) is 0.0820. The Morgan fingerprint density at radius 3 is 1.91 bits per heavy atom. The number of amidine groups is 1. The Kier molecular flexibility index (Phi) is 8.44. The van der Waals surface area contributed by atoms with Crippen LogP contribution < -0.4 is 0 Å². The predicted molar refractivity (Wildman–Crippen MR) is 269 cm³/mol. The van der Waals surface area contributed by atoms with Crippen LogP contribution in [0.3, 0.4) is 0 Å². The van der Waals surface area contributed by atoms with Gasteiger partial charge in [0.25, 0.3) is 0 Å². The lowest BCUT2D eigenvalue weighted by Crippen LogP contribution is -2.28. The van der Waals surface area contributed by atoms with E-state index >= 15 is 0 Å². The van der Waals surface area contributed by atoms with E-state index in [0.29, 0.717) is 18.3 Å². The van der Waals surface area contributed by atoms with Gasteiger partial charge in [-0.2, -0.15) is 0 Å². The molecule has 1 aromatic heterocycles. The van der Waals surface area contributed by atoms with Crippen molar-refractivity contribution in [3.05, 3.63) is 262 Å². The summed E-state index contributed by atoms with van der Waals surface area (Å²) in [6.07, 6.45) is 8.00. The maximum Gasteiger partial charge on any atom is 0.161 e. The number of benzene rings is 8. The number of allylic oxidation sites excluding steroid dienone is 5. The minimum Gasteiger partial charge on any atom is -0.232 e. The molecule has 2 unspecified atom stereocenters. The summed E-state index contributed by atoms with van der Waals surface area (Å²) in [7, 11) is 0. The van der Waals surface area contributed by atoms with Gasteiger partial charge in [-0.1, -0.05) is 195 Å². The lowest BCUT2D eigenvalue weighted by molar-refractivity contribution is 0.590. The average Bonchev–Trinajstić information content (AvgIpc) is 3.92. The van der Waals surface area contributed by atoms with E-state index in [-0.39, 0.29) is 5.41 Å². The Morgan fingerprint density at radius 1 is 0.516 bits per heavy atom. The van der Waals surface area contributed by atoms with Gasteiger partial charge in [0, 0.05) is 43.6 Å². The molecule has 9 aromatic rings. The Bertz CT molecular complexity index is 3510. The molecule has 3 aliphatic carbocycles. The molecule has 2 nitrogen and oxygen atoms in total. The summed E-state index contributed by atoms with van der Waals surface area (Å²) in [6, 6.07) is 71.3. The number of nitrogens with zero attached hydrogens (tertiary/aromatic N) is 2. The van der Waals surface area contributed by atoms with Crippen LogP contribution >= 0.6 is 11.3 Å². The van der Waals surface area contributed by atoms with Gasteiger partial charge in [0.15, 0.2) is 5.84 Å². The molecule has 0 fully saturated rings. The largest absolute Gasteiger partial charge is 0.232 e. The topological polar surface area (TPSA) is 24.7 Å². The van der Waals surface area contributed by atoms with Crippen LogP contribution in [0.2, 0.25) is 0 Å². The third-order valence-electron chi connectivity index (χ3n) is 14.1. The van der Waals surface area contributed by atoms with E-state index in [1.54, 1.807) is 0 Å². The molecule has 0 bridgehead atoms. The van der Waals surface area contributed by atoms with Gasteiger partial charge in [-0.3, -0.25) is 0 Å². The molecule has 4 aliphatic rings. The van der Waals surface area contributed by atoms with Gasteiger partial charge in [-0.05, 0) is 97.0 Å². The predicted octanol–water partition coefficient (Wildman–Crippen LogP) is 15.5. The van der Waals surface area contributed by atoms with Crippen molar-refractivity contribution in [3.8, 4) is 22.3 Å². The Hall–Kier alpha value is -7.46. The second kappa shape index (κ2) is 14.6. The van der Waals surface area contributed by atoms with E-state index in [1.165, 1.54) is 75.8 Å². The molecule has 0 amide bonds. The highest BCUT2D eigenvalue weighted by Gasteiger charge is 2.56. The smallest absolute Gasteiger partial charge is 0.161 e. The molecular formula is C61H42N2S. The second-order valence-corrected chi connectivity index (χ2v) is 18.6. The second-order valence-electron chi connectivity index (χ2n) is 17.6. The molecule has 2 atom stereocenters. The van der Waals surface area contributed by atoms with E-state index < -0.39 is 0 Å². The minimum absolute atomic E-state index is 0.301. The monoisotopic (exact) mass is 834 g/mol. The van der Waals surface area contributed by atoms with Crippen molar-refractivity contribution in [2.45, 2.75) is 24.7 Å². The molecule has 13 rings (SSSR count). The van der Waals surface area contributed by atoms with Crippen LogP contribution in [0.1, 0.15) is 63.8 Å². The van der Waals surface area contributed by atoms with E-state index in [0.717, 1.165) is 39.5 Å². The van der Waals surface area contributed by atoms with Gasteiger partial charge in [0.2, 0.25) is 0 Å². The van der Waals surface area contributed by atoms with Crippen LogP contribution in [-0.4, -0.2) is 11.5 Å². The van der Waals surface area contributed by atoms with Crippen LogP contribution in [0.15, 0.2) is 228 Å². The highest BCUT2D eigenvalue weighted by atomic mass is 32.1. The van der Waals surface area contributed by atoms with Gasteiger partial charge in [0.1, 0.15) is 0 Å². The summed E-state index contributed by atoms with van der Waals surface area (Å²) in [6.45, 7) is 2.41. The minimum atomic E-state index is -0.327. The van der Waals surface area contributed by atoms with Crippen LogP contribution in [0.4, 0.5) is 0 Å². The molecule has 1 aliphatic heterocycles. The molecule has 302 valence electrons. The first-order chi connectivity index (χ1) is 31.6. The van der Waals surface area contributed by atoms with Crippen molar-refractivity contribution in [1.29, 1.82) is 0 Å². The number of hydrogen-bond acceptors (Lipinski definition) is 3. The molecule has 1 spiro atoms. The Balaban J connectivity index is 0.905. The number of hydrogen-bond donors (Lipinski definition) is 0. The molecule has 2 heterocycles. The van der Waals surface area contributed by atoms with Gasteiger partial charge in [-0.15, -0.1) is 11.3 Å². The van der Waals surface area contributed by atoms with Crippen LogP contribution in [-0.2, 0) is 5.41 Å². The first-order valence-corrected chi connectivity index (χ1v) is 23.2. The zero-order valence-corrected chi connectivity index (χ0v) is 36.2. The quantitative estimate of drug-likeness (QED) is 0.165. The molecule has 8 aromatic carbocycles. The lowest BCUT2D eigenvalue weighted by Gasteiger charge is -2.35. The van der Waals surface area contributed by atoms with Gasteiger partial charge in [-0.25, -0.2) is 9.98 Å². The number of fused-ring (bicyclic) bond motifs is 13. The number of aliphatic imine (C=N–C) groups is 2.